The van der Waals surface area contributed by atoms with E-state index in [0.29, 0.717) is 6.42 Å². The van der Waals surface area contributed by atoms with Crippen molar-refractivity contribution in [3.05, 3.63) is 58.4 Å². The first-order chi connectivity index (χ1) is 14.5. The van der Waals surface area contributed by atoms with E-state index in [9.17, 15) is 4.79 Å². The van der Waals surface area contributed by atoms with Gasteiger partial charge in [0.05, 0.1) is 30.0 Å². The van der Waals surface area contributed by atoms with Gasteiger partial charge in [0.2, 0.25) is 0 Å². The van der Waals surface area contributed by atoms with Gasteiger partial charge in [-0.1, -0.05) is 31.3 Å². The van der Waals surface area contributed by atoms with Crippen molar-refractivity contribution in [2.45, 2.75) is 39.5 Å². The molecule has 0 aromatic carbocycles. The lowest BCUT2D eigenvalue weighted by Crippen LogP contribution is -2.36. The average molecular weight is 426 g/mol. The molecule has 7 heteroatoms. The van der Waals surface area contributed by atoms with Crippen LogP contribution in [0.15, 0.2) is 47.8 Å². The summed E-state index contributed by atoms with van der Waals surface area (Å²) < 4.78 is 11.5. The number of morpholine rings is 1. The monoisotopic (exact) mass is 425 g/mol. The maximum atomic E-state index is 12.6. The zero-order valence-electron chi connectivity index (χ0n) is 17.5. The summed E-state index contributed by atoms with van der Waals surface area (Å²) in [7, 11) is 0. The molecule has 6 nitrogen and oxygen atoms in total. The maximum absolute atomic E-state index is 12.6. The summed E-state index contributed by atoms with van der Waals surface area (Å²) >= 11 is 1.49. The van der Waals surface area contributed by atoms with Gasteiger partial charge in [0, 0.05) is 37.0 Å². The average Bonchev–Trinajstić information content (AvgIpc) is 3.18. The Morgan fingerprint density at radius 3 is 2.87 bits per heavy atom. The fraction of sp³-hybridized carbons (Fsp3) is 0.478. The molecule has 0 atom stereocenters. The van der Waals surface area contributed by atoms with E-state index in [1.54, 1.807) is 6.26 Å². The molecule has 1 aromatic heterocycles. The number of allylic oxidation sites excluding steroid dienone is 3. The van der Waals surface area contributed by atoms with Crippen molar-refractivity contribution in [1.82, 2.24) is 9.88 Å². The molecule has 2 aliphatic carbocycles. The Bertz CT molecular complexity index is 980. The number of thiazole rings is 1. The second-order valence-corrected chi connectivity index (χ2v) is 9.90. The molecule has 5 rings (SSSR count). The molecule has 4 aliphatic rings. The number of aromatic nitrogens is 1. The second kappa shape index (κ2) is 7.71. The Hall–Kier alpha value is -2.38. The highest BCUT2D eigenvalue weighted by Gasteiger charge is 2.34. The molecule has 30 heavy (non-hydrogen) atoms. The molecule has 158 valence electrons. The van der Waals surface area contributed by atoms with Crippen LogP contribution in [0.2, 0.25) is 0 Å². The Labute approximate surface area is 181 Å². The zero-order valence-corrected chi connectivity index (χ0v) is 18.3. The summed E-state index contributed by atoms with van der Waals surface area (Å²) in [6, 6.07) is 0. The predicted octanol–water partition coefficient (Wildman–Crippen LogP) is 4.38. The van der Waals surface area contributed by atoms with Crippen molar-refractivity contribution in [3.63, 3.8) is 0 Å². The van der Waals surface area contributed by atoms with Gasteiger partial charge in [-0.2, -0.15) is 0 Å². The van der Waals surface area contributed by atoms with Crippen LogP contribution in [0.4, 0.5) is 5.13 Å². The molecule has 0 bridgehead atoms. The predicted molar refractivity (Wildman–Crippen MR) is 117 cm³/mol. The first-order valence-electron chi connectivity index (χ1n) is 10.6. The minimum Gasteiger partial charge on any atom is -0.462 e. The third-order valence-corrected chi connectivity index (χ3v) is 7.07. The summed E-state index contributed by atoms with van der Waals surface area (Å²) in [5.74, 6) is 1.06. The number of hydrogen-bond acceptors (Lipinski definition) is 7. The molecule has 2 aliphatic heterocycles. The maximum Gasteiger partial charge on any atom is 0.194 e. The number of ketones is 1. The normalized spacial score (nSPS) is 23.4. The molecule has 0 saturated carbocycles. The SMILES string of the molecule is CC1(C)CC(=O)c2sc(N3C=COC(C4=C(N5CCOCC5)C=CCC4)=C3)nc2C1. The number of anilines is 1. The summed E-state index contributed by atoms with van der Waals surface area (Å²) in [4.78, 5) is 22.6. The van der Waals surface area contributed by atoms with Gasteiger partial charge in [-0.3, -0.25) is 9.69 Å². The Morgan fingerprint density at radius 2 is 2.03 bits per heavy atom. The van der Waals surface area contributed by atoms with E-state index in [1.807, 2.05) is 17.3 Å². The standard InChI is InChI=1S/C23H27N3O3S/c1-23(2)13-17-21(19(27)14-23)30-22(24-17)26-9-12-29-20(15-26)16-5-3-4-6-18(16)25-7-10-28-11-8-25/h4,6,9,12,15H,3,5,7-8,10-11,13-14H2,1-2H3. The number of fused-ring (bicyclic) bond motifs is 1. The molecule has 0 N–H and O–H groups in total. The smallest absolute Gasteiger partial charge is 0.194 e. The van der Waals surface area contributed by atoms with E-state index in [0.717, 1.165) is 67.0 Å². The van der Waals surface area contributed by atoms with Crippen molar-refractivity contribution >= 4 is 22.3 Å². The Kier molecular flexibility index (Phi) is 5.03. The summed E-state index contributed by atoms with van der Waals surface area (Å²) in [5.41, 5.74) is 3.34. The highest BCUT2D eigenvalue weighted by atomic mass is 32.1. The molecule has 0 amide bonds. The molecular formula is C23H27N3O3S. The lowest BCUT2D eigenvalue weighted by Gasteiger charge is -2.33. The highest BCUT2D eigenvalue weighted by Crippen LogP contribution is 2.40. The number of Topliss-reactive ketones (excluding diaryl/α,β-unsaturated/α-hetero) is 1. The molecule has 0 unspecified atom stereocenters. The summed E-state index contributed by atoms with van der Waals surface area (Å²) in [5, 5.41) is 0.822. The quantitative estimate of drug-likeness (QED) is 0.716. The number of carbonyl (C=O) groups excluding carboxylic acids is 1. The van der Waals surface area contributed by atoms with Crippen LogP contribution in [0.5, 0.6) is 0 Å². The van der Waals surface area contributed by atoms with Gasteiger partial charge in [0.25, 0.3) is 0 Å². The van der Waals surface area contributed by atoms with Crippen LogP contribution in [0, 0.1) is 5.41 Å². The molecule has 3 heterocycles. The third-order valence-electron chi connectivity index (χ3n) is 5.91. The van der Waals surface area contributed by atoms with Crippen LogP contribution in [-0.4, -0.2) is 42.0 Å². The number of rotatable bonds is 3. The van der Waals surface area contributed by atoms with E-state index < -0.39 is 0 Å². The molecule has 1 saturated heterocycles. The van der Waals surface area contributed by atoms with E-state index in [-0.39, 0.29) is 11.2 Å². The number of carbonyl (C=O) groups is 1. The molecule has 0 spiro atoms. The van der Waals surface area contributed by atoms with Crippen molar-refractivity contribution in [1.29, 1.82) is 0 Å². The summed E-state index contributed by atoms with van der Waals surface area (Å²) in [6.45, 7) is 7.57. The first kappa shape index (κ1) is 19.6. The van der Waals surface area contributed by atoms with Crippen LogP contribution >= 0.6 is 11.3 Å². The zero-order chi connectivity index (χ0) is 20.7. The lowest BCUT2D eigenvalue weighted by atomic mass is 9.78. The molecular weight excluding hydrogens is 398 g/mol. The number of hydrogen-bond donors (Lipinski definition) is 0. The minimum absolute atomic E-state index is 0.0242. The number of nitrogens with zero attached hydrogens (tertiary/aromatic N) is 3. The van der Waals surface area contributed by atoms with Crippen molar-refractivity contribution in [2.75, 3.05) is 31.2 Å². The van der Waals surface area contributed by atoms with Crippen molar-refractivity contribution in [3.8, 4) is 0 Å². The van der Waals surface area contributed by atoms with Crippen LogP contribution < -0.4 is 4.90 Å². The van der Waals surface area contributed by atoms with E-state index in [4.69, 9.17) is 14.5 Å². The van der Waals surface area contributed by atoms with E-state index >= 15 is 0 Å². The van der Waals surface area contributed by atoms with Gasteiger partial charge in [-0.05, 0) is 30.8 Å². The topological polar surface area (TPSA) is 54.9 Å². The van der Waals surface area contributed by atoms with Gasteiger partial charge in [-0.15, -0.1) is 0 Å². The van der Waals surface area contributed by atoms with Gasteiger partial charge in [-0.25, -0.2) is 4.98 Å². The third kappa shape index (κ3) is 3.72. The Morgan fingerprint density at radius 1 is 1.20 bits per heavy atom. The molecule has 1 aromatic rings. The fourth-order valence-electron chi connectivity index (χ4n) is 4.46. The second-order valence-electron chi connectivity index (χ2n) is 8.92. The first-order valence-corrected chi connectivity index (χ1v) is 11.4. The van der Waals surface area contributed by atoms with Crippen molar-refractivity contribution < 1.29 is 14.3 Å². The molecule has 0 radical (unpaired) electrons. The van der Waals surface area contributed by atoms with E-state index in [1.165, 1.54) is 22.6 Å². The molecule has 1 fully saturated rings. The highest BCUT2D eigenvalue weighted by molar-refractivity contribution is 7.17. The number of ether oxygens (including phenoxy) is 2. The van der Waals surface area contributed by atoms with Gasteiger partial charge < -0.3 is 14.4 Å². The van der Waals surface area contributed by atoms with Crippen LogP contribution in [0.25, 0.3) is 0 Å². The Balaban J connectivity index is 1.46. The lowest BCUT2D eigenvalue weighted by molar-refractivity contribution is 0.0545. The fourth-order valence-corrected chi connectivity index (χ4v) is 5.44. The van der Waals surface area contributed by atoms with Crippen LogP contribution in [0.3, 0.4) is 0 Å². The van der Waals surface area contributed by atoms with Gasteiger partial charge in [0.1, 0.15) is 12.0 Å². The summed E-state index contributed by atoms with van der Waals surface area (Å²) in [6.07, 6.45) is 13.4. The van der Waals surface area contributed by atoms with Crippen LogP contribution in [-0.2, 0) is 15.9 Å². The van der Waals surface area contributed by atoms with Crippen LogP contribution in [0.1, 0.15) is 48.5 Å². The minimum atomic E-state index is -0.0242. The largest absolute Gasteiger partial charge is 0.462 e. The van der Waals surface area contributed by atoms with Gasteiger partial charge in [0.15, 0.2) is 10.9 Å². The van der Waals surface area contributed by atoms with Crippen molar-refractivity contribution in [2.24, 2.45) is 5.41 Å². The van der Waals surface area contributed by atoms with E-state index in [2.05, 4.69) is 30.9 Å². The van der Waals surface area contributed by atoms with Gasteiger partial charge >= 0.3 is 0 Å².